The van der Waals surface area contributed by atoms with E-state index in [-0.39, 0.29) is 5.97 Å². The van der Waals surface area contributed by atoms with Crippen molar-refractivity contribution in [2.45, 2.75) is 6.92 Å². The zero-order valence-corrected chi connectivity index (χ0v) is 12.4. The summed E-state index contributed by atoms with van der Waals surface area (Å²) in [5.74, 6) is -0.362. The molecule has 0 saturated heterocycles. The van der Waals surface area contributed by atoms with Gasteiger partial charge in [0.2, 0.25) is 5.28 Å². The van der Waals surface area contributed by atoms with Crippen molar-refractivity contribution >= 4 is 28.6 Å². The lowest BCUT2D eigenvalue weighted by Gasteiger charge is -2.07. The number of halogens is 1. The molecule has 0 aliphatic carbocycles. The minimum absolute atomic E-state index is 0.362. The third-order valence-electron chi connectivity index (χ3n) is 3.32. The molecule has 0 amide bonds. The highest BCUT2D eigenvalue weighted by molar-refractivity contribution is 6.29. The van der Waals surface area contributed by atoms with Crippen LogP contribution in [0.25, 0.3) is 16.7 Å². The number of nitrogens with zero attached hydrogens (tertiary/aromatic N) is 2. The highest BCUT2D eigenvalue weighted by atomic mass is 35.5. The number of aromatic nitrogens is 2. The molecule has 5 heteroatoms. The van der Waals surface area contributed by atoms with Crippen LogP contribution in [0.2, 0.25) is 5.28 Å². The molecule has 3 rings (SSSR count). The monoisotopic (exact) mass is 300 g/mol. The summed E-state index contributed by atoms with van der Waals surface area (Å²) in [5, 5.41) is 0.390. The molecule has 0 aliphatic heterocycles. The van der Waals surface area contributed by atoms with Gasteiger partial charge in [-0.1, -0.05) is 6.07 Å². The van der Waals surface area contributed by atoms with E-state index in [1.165, 1.54) is 7.11 Å². The molecular formula is C16H13ClN2O2. The van der Waals surface area contributed by atoms with Crippen LogP contribution in [0.1, 0.15) is 15.9 Å². The Morgan fingerprint density at radius 1 is 1.19 bits per heavy atom. The molecule has 0 saturated carbocycles. The van der Waals surface area contributed by atoms with Gasteiger partial charge in [0.25, 0.3) is 0 Å². The Balaban J connectivity index is 2.14. The fraction of sp³-hybridized carbons (Fsp3) is 0.125. The van der Waals surface area contributed by atoms with E-state index in [2.05, 4.69) is 4.98 Å². The number of carbonyl (C=O) groups excluding carboxylic acids is 1. The second-order valence-electron chi connectivity index (χ2n) is 4.75. The Labute approximate surface area is 126 Å². The van der Waals surface area contributed by atoms with Crippen LogP contribution < -0.4 is 0 Å². The van der Waals surface area contributed by atoms with Crippen molar-refractivity contribution in [3.8, 4) is 5.69 Å². The van der Waals surface area contributed by atoms with Crippen LogP contribution in [0.4, 0.5) is 0 Å². The van der Waals surface area contributed by atoms with E-state index in [1.807, 2.05) is 41.8 Å². The zero-order chi connectivity index (χ0) is 15.0. The fourth-order valence-electron chi connectivity index (χ4n) is 2.27. The molecule has 0 atom stereocenters. The summed E-state index contributed by atoms with van der Waals surface area (Å²) < 4.78 is 6.54. The highest BCUT2D eigenvalue weighted by Crippen LogP contribution is 2.25. The lowest BCUT2D eigenvalue weighted by atomic mass is 10.2. The van der Waals surface area contributed by atoms with Crippen LogP contribution in [0.5, 0.6) is 0 Å². The van der Waals surface area contributed by atoms with Gasteiger partial charge in [-0.05, 0) is 60.5 Å². The van der Waals surface area contributed by atoms with Gasteiger partial charge in [-0.15, -0.1) is 0 Å². The first kappa shape index (κ1) is 13.6. The first-order chi connectivity index (χ1) is 10.1. The topological polar surface area (TPSA) is 44.1 Å². The van der Waals surface area contributed by atoms with E-state index in [4.69, 9.17) is 16.3 Å². The van der Waals surface area contributed by atoms with E-state index >= 15 is 0 Å². The summed E-state index contributed by atoms with van der Waals surface area (Å²) in [6.45, 7) is 2.02. The normalized spacial score (nSPS) is 10.8. The third-order valence-corrected chi connectivity index (χ3v) is 3.57. The van der Waals surface area contributed by atoms with Crippen LogP contribution in [0.3, 0.4) is 0 Å². The molecule has 3 aromatic rings. The Morgan fingerprint density at radius 2 is 1.90 bits per heavy atom. The van der Waals surface area contributed by atoms with E-state index in [1.54, 1.807) is 12.1 Å². The standard InChI is InChI=1S/C16H13ClN2O2/c1-10-3-8-13-14(9-10)19(16(17)18-13)12-6-4-11(5-7-12)15(20)21-2/h3-9H,1-2H3. The van der Waals surface area contributed by atoms with E-state index < -0.39 is 0 Å². The molecule has 106 valence electrons. The first-order valence-electron chi connectivity index (χ1n) is 6.43. The van der Waals surface area contributed by atoms with Gasteiger partial charge < -0.3 is 4.74 Å². The second kappa shape index (κ2) is 5.22. The van der Waals surface area contributed by atoms with Crippen molar-refractivity contribution in [3.63, 3.8) is 0 Å². The Kier molecular flexibility index (Phi) is 3.39. The maximum absolute atomic E-state index is 11.5. The van der Waals surface area contributed by atoms with Crippen LogP contribution >= 0.6 is 11.6 Å². The molecule has 0 spiro atoms. The van der Waals surface area contributed by atoms with E-state index in [0.717, 1.165) is 22.3 Å². The molecule has 1 aromatic heterocycles. The molecule has 0 radical (unpaired) electrons. The van der Waals surface area contributed by atoms with Gasteiger partial charge in [0.1, 0.15) is 0 Å². The number of hydrogen-bond donors (Lipinski definition) is 0. The Bertz CT molecular complexity index is 822. The predicted octanol–water partition coefficient (Wildman–Crippen LogP) is 3.77. The number of fused-ring (bicyclic) bond motifs is 1. The van der Waals surface area contributed by atoms with Gasteiger partial charge in [-0.2, -0.15) is 0 Å². The van der Waals surface area contributed by atoms with Crippen LogP contribution in [0, 0.1) is 6.92 Å². The van der Waals surface area contributed by atoms with Crippen LogP contribution in [0.15, 0.2) is 42.5 Å². The van der Waals surface area contributed by atoms with Gasteiger partial charge in [-0.25, -0.2) is 9.78 Å². The summed E-state index contributed by atoms with van der Waals surface area (Å²) in [5.41, 5.74) is 4.25. The fourth-order valence-corrected chi connectivity index (χ4v) is 2.55. The maximum atomic E-state index is 11.5. The molecular weight excluding hydrogens is 288 g/mol. The minimum atomic E-state index is -0.362. The number of esters is 1. The summed E-state index contributed by atoms with van der Waals surface area (Å²) >= 11 is 6.24. The van der Waals surface area contributed by atoms with Gasteiger partial charge in [0.15, 0.2) is 0 Å². The zero-order valence-electron chi connectivity index (χ0n) is 11.6. The number of methoxy groups -OCH3 is 1. The van der Waals surface area contributed by atoms with Crippen molar-refractivity contribution < 1.29 is 9.53 Å². The average molecular weight is 301 g/mol. The molecule has 4 nitrogen and oxygen atoms in total. The largest absolute Gasteiger partial charge is 0.465 e. The number of aryl methyl sites for hydroxylation is 1. The number of ether oxygens (including phenoxy) is 1. The lowest BCUT2D eigenvalue weighted by molar-refractivity contribution is 0.0601. The SMILES string of the molecule is COC(=O)c1ccc(-n2c(Cl)nc3ccc(C)cc32)cc1. The Hall–Kier alpha value is -2.33. The summed E-state index contributed by atoms with van der Waals surface area (Å²) in [4.78, 5) is 15.8. The van der Waals surface area contributed by atoms with Crippen LogP contribution in [-0.2, 0) is 4.74 Å². The summed E-state index contributed by atoms with van der Waals surface area (Å²) in [7, 11) is 1.36. The summed E-state index contributed by atoms with van der Waals surface area (Å²) in [6.07, 6.45) is 0. The quantitative estimate of drug-likeness (QED) is 0.677. The molecule has 0 N–H and O–H groups in total. The Morgan fingerprint density at radius 3 is 2.57 bits per heavy atom. The van der Waals surface area contributed by atoms with Crippen LogP contribution in [-0.4, -0.2) is 22.6 Å². The maximum Gasteiger partial charge on any atom is 0.337 e. The van der Waals surface area contributed by atoms with Gasteiger partial charge in [-0.3, -0.25) is 4.57 Å². The molecule has 2 aromatic carbocycles. The summed E-state index contributed by atoms with van der Waals surface area (Å²) in [6, 6.07) is 13.0. The molecule has 1 heterocycles. The molecule has 0 aliphatic rings. The average Bonchev–Trinajstić information content (AvgIpc) is 2.82. The highest BCUT2D eigenvalue weighted by Gasteiger charge is 2.12. The molecule has 0 fully saturated rings. The van der Waals surface area contributed by atoms with E-state index in [9.17, 15) is 4.79 Å². The van der Waals surface area contributed by atoms with Gasteiger partial charge >= 0.3 is 5.97 Å². The second-order valence-corrected chi connectivity index (χ2v) is 5.08. The van der Waals surface area contributed by atoms with Crippen molar-refractivity contribution in [1.82, 2.24) is 9.55 Å². The number of carbonyl (C=O) groups is 1. The van der Waals surface area contributed by atoms with Crippen molar-refractivity contribution in [2.24, 2.45) is 0 Å². The van der Waals surface area contributed by atoms with Crippen molar-refractivity contribution in [3.05, 3.63) is 58.9 Å². The number of rotatable bonds is 2. The van der Waals surface area contributed by atoms with Crippen molar-refractivity contribution in [2.75, 3.05) is 7.11 Å². The predicted molar refractivity (Wildman–Crippen MR) is 82.2 cm³/mol. The molecule has 0 bridgehead atoms. The van der Waals surface area contributed by atoms with Gasteiger partial charge in [0, 0.05) is 5.69 Å². The smallest absolute Gasteiger partial charge is 0.337 e. The number of benzene rings is 2. The van der Waals surface area contributed by atoms with Crippen molar-refractivity contribution in [1.29, 1.82) is 0 Å². The number of hydrogen-bond acceptors (Lipinski definition) is 3. The third kappa shape index (κ3) is 2.38. The van der Waals surface area contributed by atoms with Gasteiger partial charge in [0.05, 0.1) is 23.7 Å². The molecule has 0 unspecified atom stereocenters. The first-order valence-corrected chi connectivity index (χ1v) is 6.81. The van der Waals surface area contributed by atoms with E-state index in [0.29, 0.717) is 10.8 Å². The minimum Gasteiger partial charge on any atom is -0.465 e. The lowest BCUT2D eigenvalue weighted by Crippen LogP contribution is -2.01. The molecule has 21 heavy (non-hydrogen) atoms. The number of imidazole rings is 1.